The molecule has 0 aromatic carbocycles. The summed E-state index contributed by atoms with van der Waals surface area (Å²) in [6.07, 6.45) is 6.78. The van der Waals surface area contributed by atoms with Crippen LogP contribution in [0.25, 0.3) is 0 Å². The molecule has 1 N–H and O–H groups in total. The van der Waals surface area contributed by atoms with Gasteiger partial charge in [-0.2, -0.15) is 0 Å². The van der Waals surface area contributed by atoms with Crippen molar-refractivity contribution < 1.29 is 0 Å². The van der Waals surface area contributed by atoms with Gasteiger partial charge in [-0.15, -0.1) is 11.3 Å². The minimum Gasteiger partial charge on any atom is -0.312 e. The highest BCUT2D eigenvalue weighted by Gasteiger charge is 1.97. The number of hydrogen-bond donors (Lipinski definition) is 1. The van der Waals surface area contributed by atoms with Gasteiger partial charge >= 0.3 is 0 Å². The lowest BCUT2D eigenvalue weighted by Crippen LogP contribution is -2.13. The molecule has 1 aromatic heterocycles. The molecular formula is C14H24ClNS. The summed E-state index contributed by atoms with van der Waals surface area (Å²) >= 11 is 7.60. The van der Waals surface area contributed by atoms with Gasteiger partial charge in [-0.1, -0.05) is 51.1 Å². The summed E-state index contributed by atoms with van der Waals surface area (Å²) in [5.74, 6) is 0.858. The second-order valence-corrected chi connectivity index (χ2v) is 6.44. The normalized spacial score (nSPS) is 11.3. The maximum Gasteiger partial charge on any atom is 0.0516 e. The fourth-order valence-electron chi connectivity index (χ4n) is 1.81. The van der Waals surface area contributed by atoms with Gasteiger partial charge in [0, 0.05) is 16.8 Å². The smallest absolute Gasteiger partial charge is 0.0516 e. The van der Waals surface area contributed by atoms with E-state index in [0.29, 0.717) is 0 Å². The molecule has 1 aromatic rings. The van der Waals surface area contributed by atoms with E-state index in [4.69, 9.17) is 11.6 Å². The fraction of sp³-hybridized carbons (Fsp3) is 0.714. The van der Waals surface area contributed by atoms with Crippen molar-refractivity contribution >= 4 is 22.9 Å². The van der Waals surface area contributed by atoms with Gasteiger partial charge in [0.05, 0.1) is 5.02 Å². The molecule has 0 radical (unpaired) electrons. The van der Waals surface area contributed by atoms with Gasteiger partial charge in [-0.3, -0.25) is 0 Å². The Balaban J connectivity index is 1.88. The van der Waals surface area contributed by atoms with Crippen molar-refractivity contribution in [2.75, 3.05) is 6.54 Å². The van der Waals surface area contributed by atoms with Gasteiger partial charge in [0.2, 0.25) is 0 Å². The molecule has 0 saturated heterocycles. The molecule has 0 aliphatic carbocycles. The zero-order valence-electron chi connectivity index (χ0n) is 11.0. The minimum absolute atomic E-state index is 0.858. The van der Waals surface area contributed by atoms with Crippen LogP contribution in [0.3, 0.4) is 0 Å². The Morgan fingerprint density at radius 1 is 1.24 bits per heavy atom. The van der Waals surface area contributed by atoms with E-state index in [2.05, 4.69) is 19.2 Å². The van der Waals surface area contributed by atoms with Crippen LogP contribution in [0.2, 0.25) is 5.02 Å². The Kier molecular flexibility index (Phi) is 7.91. The molecule has 98 valence electrons. The Morgan fingerprint density at radius 2 is 2.00 bits per heavy atom. The number of rotatable bonds is 9. The van der Waals surface area contributed by atoms with Crippen LogP contribution in [0.15, 0.2) is 11.4 Å². The van der Waals surface area contributed by atoms with Crippen molar-refractivity contribution in [2.45, 2.75) is 52.5 Å². The van der Waals surface area contributed by atoms with Crippen molar-refractivity contribution in [2.24, 2.45) is 5.92 Å². The molecule has 0 atom stereocenters. The Hall–Kier alpha value is -0.0500. The predicted octanol–water partition coefficient (Wildman–Crippen LogP) is 5.10. The molecule has 17 heavy (non-hydrogen) atoms. The molecule has 0 unspecified atom stereocenters. The summed E-state index contributed by atoms with van der Waals surface area (Å²) in [7, 11) is 0. The maximum absolute atomic E-state index is 5.87. The van der Waals surface area contributed by atoms with E-state index in [0.717, 1.165) is 24.0 Å². The maximum atomic E-state index is 5.87. The van der Waals surface area contributed by atoms with Crippen molar-refractivity contribution in [3.63, 3.8) is 0 Å². The largest absolute Gasteiger partial charge is 0.312 e. The molecule has 0 aliphatic heterocycles. The van der Waals surface area contributed by atoms with E-state index >= 15 is 0 Å². The van der Waals surface area contributed by atoms with Crippen LogP contribution in [-0.4, -0.2) is 6.54 Å². The topological polar surface area (TPSA) is 12.0 Å². The van der Waals surface area contributed by atoms with Crippen molar-refractivity contribution in [3.05, 3.63) is 21.3 Å². The number of nitrogens with one attached hydrogen (secondary N) is 1. The summed E-state index contributed by atoms with van der Waals surface area (Å²) in [5.41, 5.74) is 0. The van der Waals surface area contributed by atoms with Gasteiger partial charge in [-0.05, 0) is 24.9 Å². The molecule has 0 amide bonds. The second-order valence-electron chi connectivity index (χ2n) is 5.00. The van der Waals surface area contributed by atoms with E-state index < -0.39 is 0 Å². The molecule has 1 heterocycles. The van der Waals surface area contributed by atoms with Crippen molar-refractivity contribution in [1.29, 1.82) is 0 Å². The minimum atomic E-state index is 0.858. The lowest BCUT2D eigenvalue weighted by atomic mass is 10.0. The third-order valence-electron chi connectivity index (χ3n) is 2.81. The monoisotopic (exact) mass is 273 g/mol. The first kappa shape index (κ1) is 15.0. The molecule has 1 rings (SSSR count). The van der Waals surface area contributed by atoms with E-state index in [1.807, 2.05) is 11.4 Å². The van der Waals surface area contributed by atoms with Crippen LogP contribution in [0.4, 0.5) is 0 Å². The molecule has 0 fully saturated rings. The standard InChI is InChI=1S/C14H24ClNS/c1-12(2)7-5-3-4-6-8-16-10-14-9-13(15)11-17-14/h9,11-12,16H,3-8,10H2,1-2H3. The molecule has 0 spiro atoms. The SMILES string of the molecule is CC(C)CCCCCCNCc1cc(Cl)cs1. The summed E-state index contributed by atoms with van der Waals surface area (Å²) in [4.78, 5) is 1.33. The lowest BCUT2D eigenvalue weighted by Gasteiger charge is -2.05. The predicted molar refractivity (Wildman–Crippen MR) is 79.0 cm³/mol. The van der Waals surface area contributed by atoms with Crippen molar-refractivity contribution in [1.82, 2.24) is 5.32 Å². The first-order valence-electron chi connectivity index (χ1n) is 6.62. The van der Waals surface area contributed by atoms with Crippen LogP contribution in [-0.2, 0) is 6.54 Å². The van der Waals surface area contributed by atoms with Crippen LogP contribution in [0.5, 0.6) is 0 Å². The Labute approximate surface area is 115 Å². The van der Waals surface area contributed by atoms with Gasteiger partial charge < -0.3 is 5.32 Å². The molecule has 0 aliphatic rings. The zero-order valence-corrected chi connectivity index (χ0v) is 12.5. The van der Waals surface area contributed by atoms with Crippen LogP contribution in [0, 0.1) is 5.92 Å². The van der Waals surface area contributed by atoms with Crippen molar-refractivity contribution in [3.8, 4) is 0 Å². The lowest BCUT2D eigenvalue weighted by molar-refractivity contribution is 0.512. The van der Waals surface area contributed by atoms with E-state index in [1.165, 1.54) is 37.0 Å². The number of unbranched alkanes of at least 4 members (excludes halogenated alkanes) is 3. The number of thiophene rings is 1. The third kappa shape index (κ3) is 7.80. The molecule has 0 saturated carbocycles. The zero-order chi connectivity index (χ0) is 12.5. The van der Waals surface area contributed by atoms with Gasteiger partial charge in [-0.25, -0.2) is 0 Å². The number of hydrogen-bond acceptors (Lipinski definition) is 2. The second kappa shape index (κ2) is 8.96. The van der Waals surface area contributed by atoms with Crippen LogP contribution in [0.1, 0.15) is 50.8 Å². The summed E-state index contributed by atoms with van der Waals surface area (Å²) in [6.45, 7) is 6.68. The van der Waals surface area contributed by atoms with Crippen LogP contribution < -0.4 is 5.32 Å². The first-order chi connectivity index (χ1) is 8.18. The van der Waals surface area contributed by atoms with E-state index in [-0.39, 0.29) is 0 Å². The Morgan fingerprint density at radius 3 is 2.65 bits per heavy atom. The molecular weight excluding hydrogens is 250 g/mol. The number of halogens is 1. The molecule has 1 nitrogen and oxygen atoms in total. The highest BCUT2D eigenvalue weighted by Crippen LogP contribution is 2.18. The fourth-order valence-corrected chi connectivity index (χ4v) is 2.86. The quantitative estimate of drug-likeness (QED) is 0.618. The van der Waals surface area contributed by atoms with Crippen LogP contribution >= 0.6 is 22.9 Å². The summed E-state index contributed by atoms with van der Waals surface area (Å²) < 4.78 is 0. The highest BCUT2D eigenvalue weighted by atomic mass is 35.5. The average Bonchev–Trinajstić information content (AvgIpc) is 2.68. The van der Waals surface area contributed by atoms with Gasteiger partial charge in [0.1, 0.15) is 0 Å². The summed E-state index contributed by atoms with van der Waals surface area (Å²) in [6, 6.07) is 2.04. The average molecular weight is 274 g/mol. The first-order valence-corrected chi connectivity index (χ1v) is 7.88. The highest BCUT2D eigenvalue weighted by molar-refractivity contribution is 7.10. The summed E-state index contributed by atoms with van der Waals surface area (Å²) in [5, 5.41) is 6.32. The van der Waals surface area contributed by atoms with E-state index in [1.54, 1.807) is 11.3 Å². The third-order valence-corrected chi connectivity index (χ3v) is 4.09. The molecule has 0 bridgehead atoms. The van der Waals surface area contributed by atoms with Gasteiger partial charge in [0.15, 0.2) is 0 Å². The van der Waals surface area contributed by atoms with Gasteiger partial charge in [0.25, 0.3) is 0 Å². The van der Waals surface area contributed by atoms with E-state index in [9.17, 15) is 0 Å². The molecule has 3 heteroatoms. The Bertz CT molecular complexity index is 296.